The van der Waals surface area contributed by atoms with Crippen LogP contribution in [0.5, 0.6) is 0 Å². The largest absolute Gasteiger partial charge is 0.389 e. The van der Waals surface area contributed by atoms with Gasteiger partial charge in [0.25, 0.3) is 0 Å². The zero-order chi connectivity index (χ0) is 16.0. The highest BCUT2D eigenvalue weighted by atomic mass is 32.2. The summed E-state index contributed by atoms with van der Waals surface area (Å²) >= 11 is 4.86. The Hall–Kier alpha value is -1.02. The Balaban J connectivity index is 2.54. The SMILES string of the molecule is CC(C)N(C)CCNS(=O)(=O)Cc1ccc(C(N)=S)cc1. The van der Waals surface area contributed by atoms with Gasteiger partial charge in [0.05, 0.1) is 5.75 Å². The Kier molecular flexibility index (Phi) is 6.73. The molecule has 0 heterocycles. The molecule has 0 bridgehead atoms. The summed E-state index contributed by atoms with van der Waals surface area (Å²) in [6.45, 7) is 5.22. The highest BCUT2D eigenvalue weighted by Gasteiger charge is 2.12. The number of hydrogen-bond donors (Lipinski definition) is 2. The van der Waals surface area contributed by atoms with E-state index in [1.807, 2.05) is 7.05 Å². The maximum absolute atomic E-state index is 12.0. The van der Waals surface area contributed by atoms with Crippen LogP contribution in [0.2, 0.25) is 0 Å². The third kappa shape index (κ3) is 6.52. The summed E-state index contributed by atoms with van der Waals surface area (Å²) in [5.74, 6) is -0.0456. The van der Waals surface area contributed by atoms with Crippen LogP contribution in [0, 0.1) is 0 Å². The van der Waals surface area contributed by atoms with Crippen molar-refractivity contribution in [3.05, 3.63) is 35.4 Å². The van der Waals surface area contributed by atoms with Crippen molar-refractivity contribution < 1.29 is 8.42 Å². The van der Waals surface area contributed by atoms with Crippen molar-refractivity contribution in [1.82, 2.24) is 9.62 Å². The predicted octanol–water partition coefficient (Wildman–Crippen LogP) is 1.08. The summed E-state index contributed by atoms with van der Waals surface area (Å²) in [6, 6.07) is 7.32. The number of sulfonamides is 1. The van der Waals surface area contributed by atoms with Crippen LogP contribution in [0.25, 0.3) is 0 Å². The Labute approximate surface area is 132 Å². The molecule has 7 heteroatoms. The molecule has 0 aliphatic rings. The number of rotatable bonds is 8. The second kappa shape index (κ2) is 7.84. The highest BCUT2D eigenvalue weighted by Crippen LogP contribution is 2.08. The van der Waals surface area contributed by atoms with E-state index in [9.17, 15) is 8.42 Å². The molecule has 118 valence electrons. The maximum Gasteiger partial charge on any atom is 0.215 e. The van der Waals surface area contributed by atoms with Crippen LogP contribution in [-0.4, -0.2) is 44.5 Å². The van der Waals surface area contributed by atoms with Gasteiger partial charge in [0.15, 0.2) is 0 Å². The molecule has 0 spiro atoms. The summed E-state index contributed by atoms with van der Waals surface area (Å²) in [5, 5.41) is 0. The first-order valence-corrected chi connectivity index (χ1v) is 8.83. The third-order valence-electron chi connectivity index (χ3n) is 3.26. The standard InChI is InChI=1S/C14H23N3O2S2/c1-11(2)17(3)9-8-16-21(18,19)10-12-4-6-13(7-5-12)14(15)20/h4-7,11,16H,8-10H2,1-3H3,(H2,15,20). The van der Waals surface area contributed by atoms with Crippen LogP contribution in [0.1, 0.15) is 25.0 Å². The number of thiocarbonyl (C=S) groups is 1. The van der Waals surface area contributed by atoms with Crippen molar-refractivity contribution in [2.75, 3.05) is 20.1 Å². The molecule has 0 radical (unpaired) electrons. The quantitative estimate of drug-likeness (QED) is 0.698. The fourth-order valence-corrected chi connectivity index (χ4v) is 2.94. The summed E-state index contributed by atoms with van der Waals surface area (Å²) < 4.78 is 26.6. The lowest BCUT2D eigenvalue weighted by atomic mass is 10.1. The Morgan fingerprint density at radius 3 is 2.38 bits per heavy atom. The summed E-state index contributed by atoms with van der Waals surface area (Å²) in [6.07, 6.45) is 0. The molecule has 21 heavy (non-hydrogen) atoms. The molecule has 1 aromatic rings. The number of nitrogens with one attached hydrogen (secondary N) is 1. The van der Waals surface area contributed by atoms with Crippen molar-refractivity contribution in [3.8, 4) is 0 Å². The average Bonchev–Trinajstić information content (AvgIpc) is 2.38. The molecule has 0 fully saturated rings. The van der Waals surface area contributed by atoms with Gasteiger partial charge in [-0.25, -0.2) is 13.1 Å². The van der Waals surface area contributed by atoms with Crippen LogP contribution in [-0.2, 0) is 15.8 Å². The van der Waals surface area contributed by atoms with Crippen LogP contribution < -0.4 is 10.5 Å². The smallest absolute Gasteiger partial charge is 0.215 e. The van der Waals surface area contributed by atoms with E-state index >= 15 is 0 Å². The molecule has 0 atom stereocenters. The van der Waals surface area contributed by atoms with Gasteiger partial charge < -0.3 is 10.6 Å². The Morgan fingerprint density at radius 1 is 1.33 bits per heavy atom. The Bertz CT molecular complexity index is 568. The molecular weight excluding hydrogens is 306 g/mol. The molecule has 0 aromatic heterocycles. The highest BCUT2D eigenvalue weighted by molar-refractivity contribution is 7.88. The van der Waals surface area contributed by atoms with Crippen molar-refractivity contribution in [3.63, 3.8) is 0 Å². The van der Waals surface area contributed by atoms with E-state index < -0.39 is 10.0 Å². The van der Waals surface area contributed by atoms with Gasteiger partial charge in [-0.05, 0) is 26.5 Å². The lowest BCUT2D eigenvalue weighted by Crippen LogP contribution is -2.36. The van der Waals surface area contributed by atoms with E-state index in [1.165, 1.54) is 0 Å². The van der Waals surface area contributed by atoms with Crippen molar-refractivity contribution in [2.45, 2.75) is 25.6 Å². The zero-order valence-corrected chi connectivity index (χ0v) is 14.3. The van der Waals surface area contributed by atoms with E-state index in [1.54, 1.807) is 24.3 Å². The van der Waals surface area contributed by atoms with Crippen molar-refractivity contribution in [2.24, 2.45) is 5.73 Å². The fourth-order valence-electron chi connectivity index (χ4n) is 1.67. The minimum Gasteiger partial charge on any atom is -0.389 e. The van der Waals surface area contributed by atoms with Crippen LogP contribution in [0.3, 0.4) is 0 Å². The second-order valence-electron chi connectivity index (χ2n) is 5.29. The first-order valence-electron chi connectivity index (χ1n) is 6.77. The summed E-state index contributed by atoms with van der Waals surface area (Å²) in [5.41, 5.74) is 6.95. The first-order chi connectivity index (χ1) is 9.71. The molecule has 1 aromatic carbocycles. The first kappa shape index (κ1) is 18.0. The molecule has 3 N–H and O–H groups in total. The van der Waals surface area contributed by atoms with Gasteiger partial charge in [0, 0.05) is 24.7 Å². The lowest BCUT2D eigenvalue weighted by molar-refractivity contribution is 0.278. The van der Waals surface area contributed by atoms with E-state index in [0.29, 0.717) is 29.7 Å². The summed E-state index contributed by atoms with van der Waals surface area (Å²) in [7, 11) is -1.36. The van der Waals surface area contributed by atoms with Crippen molar-refractivity contribution in [1.29, 1.82) is 0 Å². The van der Waals surface area contributed by atoms with E-state index in [-0.39, 0.29) is 5.75 Å². The number of nitrogens with zero attached hydrogens (tertiary/aromatic N) is 1. The van der Waals surface area contributed by atoms with Gasteiger partial charge >= 0.3 is 0 Å². The minimum atomic E-state index is -3.33. The Morgan fingerprint density at radius 2 is 1.90 bits per heavy atom. The van der Waals surface area contributed by atoms with E-state index in [2.05, 4.69) is 23.5 Å². The van der Waals surface area contributed by atoms with Gasteiger partial charge in [-0.2, -0.15) is 0 Å². The molecule has 0 aliphatic heterocycles. The number of hydrogen-bond acceptors (Lipinski definition) is 4. The van der Waals surface area contributed by atoms with Crippen LogP contribution in [0.4, 0.5) is 0 Å². The van der Waals surface area contributed by atoms with E-state index in [4.69, 9.17) is 18.0 Å². The zero-order valence-electron chi connectivity index (χ0n) is 12.7. The summed E-state index contributed by atoms with van der Waals surface area (Å²) in [4.78, 5) is 2.39. The molecule has 0 saturated carbocycles. The average molecular weight is 329 g/mol. The lowest BCUT2D eigenvalue weighted by Gasteiger charge is -2.20. The van der Waals surface area contributed by atoms with Gasteiger partial charge in [0.2, 0.25) is 10.0 Å². The van der Waals surface area contributed by atoms with Gasteiger partial charge in [-0.1, -0.05) is 36.5 Å². The van der Waals surface area contributed by atoms with Crippen LogP contribution in [0.15, 0.2) is 24.3 Å². The monoisotopic (exact) mass is 329 g/mol. The number of benzene rings is 1. The fraction of sp³-hybridized carbons (Fsp3) is 0.500. The normalized spacial score (nSPS) is 12.0. The molecule has 0 unspecified atom stereocenters. The number of likely N-dealkylation sites (N-methyl/N-ethyl adjacent to an activating group) is 1. The minimum absolute atomic E-state index is 0.0456. The molecule has 1 rings (SSSR count). The van der Waals surface area contributed by atoms with Crippen LogP contribution >= 0.6 is 12.2 Å². The molecule has 0 aliphatic carbocycles. The van der Waals surface area contributed by atoms with E-state index in [0.717, 1.165) is 5.56 Å². The molecule has 0 amide bonds. The van der Waals surface area contributed by atoms with Gasteiger partial charge in [-0.15, -0.1) is 0 Å². The maximum atomic E-state index is 12.0. The third-order valence-corrected chi connectivity index (χ3v) is 4.86. The molecule has 0 saturated heterocycles. The number of nitrogens with two attached hydrogens (primary N) is 1. The predicted molar refractivity (Wildman–Crippen MR) is 90.7 cm³/mol. The molecule has 5 nitrogen and oxygen atoms in total. The van der Waals surface area contributed by atoms with Gasteiger partial charge in [-0.3, -0.25) is 0 Å². The van der Waals surface area contributed by atoms with Crippen molar-refractivity contribution >= 4 is 27.2 Å². The topological polar surface area (TPSA) is 75.4 Å². The second-order valence-corrected chi connectivity index (χ2v) is 7.54. The molecular formula is C14H23N3O2S2. The van der Waals surface area contributed by atoms with Gasteiger partial charge in [0.1, 0.15) is 4.99 Å².